The maximum absolute atomic E-state index is 13.3. The molecule has 0 spiro atoms. The minimum Gasteiger partial charge on any atom is -0.309 e. The van der Waals surface area contributed by atoms with E-state index in [1.807, 2.05) is 0 Å². The molecule has 2 rings (SSSR count). The van der Waals surface area contributed by atoms with E-state index in [0.29, 0.717) is 5.69 Å². The van der Waals surface area contributed by atoms with Crippen molar-refractivity contribution in [2.45, 2.75) is 65.0 Å². The van der Waals surface area contributed by atoms with E-state index in [2.05, 4.69) is 46.9 Å². The lowest BCUT2D eigenvalue weighted by Crippen LogP contribution is -2.69. The van der Waals surface area contributed by atoms with Crippen LogP contribution in [0.4, 0.5) is 14.9 Å². The Morgan fingerprint density at radius 1 is 1.37 bits per heavy atom. The number of amides is 2. The predicted molar refractivity (Wildman–Crippen MR) is 108 cm³/mol. The molecule has 0 bridgehead atoms. The van der Waals surface area contributed by atoms with Crippen LogP contribution in [0.5, 0.6) is 0 Å². The Labute approximate surface area is 166 Å². The Kier molecular flexibility index (Phi) is 8.76. The van der Waals surface area contributed by atoms with Crippen LogP contribution in [0.25, 0.3) is 0 Å². The van der Waals surface area contributed by atoms with Crippen LogP contribution in [0, 0.1) is 5.82 Å². The number of benzene rings is 1. The molecule has 3 unspecified atom stereocenters. The lowest BCUT2D eigenvalue weighted by molar-refractivity contribution is 0.0198. The zero-order valence-electron chi connectivity index (χ0n) is 16.3. The molecule has 27 heavy (non-hydrogen) atoms. The predicted octanol–water partition coefficient (Wildman–Crippen LogP) is 3.69. The van der Waals surface area contributed by atoms with Crippen LogP contribution in [0.2, 0.25) is 5.02 Å². The van der Waals surface area contributed by atoms with Gasteiger partial charge >= 0.3 is 6.03 Å². The zero-order valence-corrected chi connectivity index (χ0v) is 17.1. The lowest BCUT2D eigenvalue weighted by atomic mass is 10.1. The van der Waals surface area contributed by atoms with Gasteiger partial charge in [0.2, 0.25) is 0 Å². The van der Waals surface area contributed by atoms with Crippen molar-refractivity contribution < 1.29 is 9.18 Å². The van der Waals surface area contributed by atoms with E-state index in [0.717, 1.165) is 38.8 Å². The number of rotatable bonds is 8. The van der Waals surface area contributed by atoms with Gasteiger partial charge in [-0.05, 0) is 50.9 Å². The summed E-state index contributed by atoms with van der Waals surface area (Å²) in [4.78, 5) is 14.7. The quantitative estimate of drug-likeness (QED) is 0.538. The number of nitrogens with zero attached hydrogens (tertiary/aromatic N) is 1. The van der Waals surface area contributed by atoms with Gasteiger partial charge in [0.15, 0.2) is 0 Å². The summed E-state index contributed by atoms with van der Waals surface area (Å²) in [6, 6.07) is 4.02. The molecule has 2 amide bonds. The van der Waals surface area contributed by atoms with E-state index in [1.54, 1.807) is 0 Å². The number of anilines is 1. The van der Waals surface area contributed by atoms with E-state index in [9.17, 15) is 9.18 Å². The molecule has 1 aromatic rings. The highest BCUT2D eigenvalue weighted by Crippen LogP contribution is 2.20. The van der Waals surface area contributed by atoms with Gasteiger partial charge in [0.1, 0.15) is 12.1 Å². The molecule has 152 valence electrons. The first-order valence-corrected chi connectivity index (χ1v) is 10.1. The Morgan fingerprint density at radius 2 is 2.15 bits per heavy atom. The second kappa shape index (κ2) is 10.8. The van der Waals surface area contributed by atoms with Crippen LogP contribution >= 0.6 is 11.6 Å². The van der Waals surface area contributed by atoms with Crippen molar-refractivity contribution in [3.05, 3.63) is 29.0 Å². The van der Waals surface area contributed by atoms with Crippen LogP contribution in [0.3, 0.4) is 0 Å². The first-order valence-electron chi connectivity index (χ1n) is 9.72. The topological polar surface area (TPSA) is 68.4 Å². The summed E-state index contributed by atoms with van der Waals surface area (Å²) in [6.07, 6.45) is 4.08. The fraction of sp³-hybridized carbons (Fsp3) is 0.632. The van der Waals surface area contributed by atoms with Crippen molar-refractivity contribution >= 4 is 23.3 Å². The number of hydrogen-bond acceptors (Lipinski definition) is 4. The Morgan fingerprint density at radius 3 is 2.81 bits per heavy atom. The standard InChI is InChI=1S/C19H31ClFN5O/c1-4-6-10-26-17(22-9-5-2)11-13(3)23-18(26)25-19(27)24-14-7-8-16(21)15(20)12-14/h7-8,12-13,17-18,22-23H,4-6,9-11H2,1-3H3,(H2,24,25,27). The first kappa shape index (κ1) is 21.9. The fourth-order valence-electron chi connectivity index (χ4n) is 3.21. The molecule has 1 saturated heterocycles. The van der Waals surface area contributed by atoms with Crippen LogP contribution in [0.1, 0.15) is 46.5 Å². The van der Waals surface area contributed by atoms with Gasteiger partial charge in [0.25, 0.3) is 0 Å². The van der Waals surface area contributed by atoms with Crippen molar-refractivity contribution in [3.8, 4) is 0 Å². The van der Waals surface area contributed by atoms with Gasteiger partial charge in [-0.25, -0.2) is 9.18 Å². The van der Waals surface area contributed by atoms with Crippen LogP contribution < -0.4 is 21.3 Å². The molecular weight excluding hydrogens is 369 g/mol. The molecule has 0 radical (unpaired) electrons. The molecule has 6 nitrogen and oxygen atoms in total. The van der Waals surface area contributed by atoms with Gasteiger partial charge < -0.3 is 16.0 Å². The van der Waals surface area contributed by atoms with Gasteiger partial charge in [-0.2, -0.15) is 0 Å². The molecule has 1 aromatic carbocycles. The summed E-state index contributed by atoms with van der Waals surface area (Å²) in [7, 11) is 0. The maximum Gasteiger partial charge on any atom is 0.321 e. The minimum absolute atomic E-state index is 0.0226. The summed E-state index contributed by atoms with van der Waals surface area (Å²) < 4.78 is 13.3. The van der Waals surface area contributed by atoms with E-state index in [1.165, 1.54) is 18.2 Å². The van der Waals surface area contributed by atoms with Crippen molar-refractivity contribution in [1.82, 2.24) is 20.9 Å². The van der Waals surface area contributed by atoms with Crippen LogP contribution in [-0.2, 0) is 0 Å². The summed E-state index contributed by atoms with van der Waals surface area (Å²) in [5, 5.41) is 12.7. The highest BCUT2D eigenvalue weighted by atomic mass is 35.5. The largest absolute Gasteiger partial charge is 0.321 e. The molecule has 4 N–H and O–H groups in total. The van der Waals surface area contributed by atoms with Crippen molar-refractivity contribution in [2.24, 2.45) is 0 Å². The monoisotopic (exact) mass is 399 g/mol. The summed E-state index contributed by atoms with van der Waals surface area (Å²) >= 11 is 5.78. The van der Waals surface area contributed by atoms with E-state index >= 15 is 0 Å². The minimum atomic E-state index is -0.513. The Hall–Kier alpha value is -1.41. The van der Waals surface area contributed by atoms with Crippen molar-refractivity contribution in [3.63, 3.8) is 0 Å². The summed E-state index contributed by atoms with van der Waals surface area (Å²) in [6.45, 7) is 8.23. The number of hydrogen-bond donors (Lipinski definition) is 4. The number of carbonyl (C=O) groups is 1. The summed E-state index contributed by atoms with van der Waals surface area (Å²) in [5.74, 6) is -0.513. The van der Waals surface area contributed by atoms with E-state index < -0.39 is 5.82 Å². The molecule has 1 aliphatic rings. The second-order valence-electron chi connectivity index (χ2n) is 6.99. The highest BCUT2D eigenvalue weighted by molar-refractivity contribution is 6.31. The third kappa shape index (κ3) is 6.60. The Bertz CT molecular complexity index is 618. The smallest absolute Gasteiger partial charge is 0.309 e. The van der Waals surface area contributed by atoms with Gasteiger partial charge in [-0.3, -0.25) is 10.2 Å². The molecule has 8 heteroatoms. The zero-order chi connectivity index (χ0) is 19.8. The van der Waals surface area contributed by atoms with Gasteiger partial charge in [0, 0.05) is 18.3 Å². The SMILES string of the molecule is CCCCN1C(NCCC)CC(C)NC1NC(=O)Nc1ccc(F)c(Cl)c1. The van der Waals surface area contributed by atoms with E-state index in [4.69, 9.17) is 11.6 Å². The van der Waals surface area contributed by atoms with Crippen LogP contribution in [-0.4, -0.2) is 42.5 Å². The van der Waals surface area contributed by atoms with Crippen LogP contribution in [0.15, 0.2) is 18.2 Å². The summed E-state index contributed by atoms with van der Waals surface area (Å²) in [5.41, 5.74) is 0.448. The third-order valence-electron chi connectivity index (χ3n) is 4.60. The fourth-order valence-corrected chi connectivity index (χ4v) is 3.39. The van der Waals surface area contributed by atoms with Crippen molar-refractivity contribution in [1.29, 1.82) is 0 Å². The molecule has 0 aliphatic carbocycles. The van der Waals surface area contributed by atoms with Crippen molar-refractivity contribution in [2.75, 3.05) is 18.4 Å². The lowest BCUT2D eigenvalue weighted by Gasteiger charge is -2.45. The number of halogens is 2. The average molecular weight is 400 g/mol. The third-order valence-corrected chi connectivity index (χ3v) is 4.89. The number of unbranched alkanes of at least 4 members (excludes halogenated alkanes) is 1. The first-order chi connectivity index (χ1) is 12.9. The average Bonchev–Trinajstić information content (AvgIpc) is 2.62. The normalized spacial score (nSPS) is 23.2. The second-order valence-corrected chi connectivity index (χ2v) is 7.40. The number of carbonyl (C=O) groups excluding carboxylic acids is 1. The molecule has 1 heterocycles. The van der Waals surface area contributed by atoms with Gasteiger partial charge in [-0.15, -0.1) is 0 Å². The number of urea groups is 1. The Balaban J connectivity index is 2.04. The highest BCUT2D eigenvalue weighted by Gasteiger charge is 2.33. The molecule has 0 aromatic heterocycles. The molecule has 3 atom stereocenters. The van der Waals surface area contributed by atoms with Gasteiger partial charge in [-0.1, -0.05) is 31.9 Å². The molecular formula is C19H31ClFN5O. The maximum atomic E-state index is 13.3. The van der Waals surface area contributed by atoms with Gasteiger partial charge in [0.05, 0.1) is 11.2 Å². The molecule has 0 saturated carbocycles. The van der Waals surface area contributed by atoms with E-state index in [-0.39, 0.29) is 29.6 Å². The molecule has 1 aliphatic heterocycles. The molecule has 1 fully saturated rings. The number of nitrogens with one attached hydrogen (secondary N) is 4.